The van der Waals surface area contributed by atoms with Gasteiger partial charge in [-0.1, -0.05) is 59.0 Å². The molecule has 0 aromatic heterocycles. The van der Waals surface area contributed by atoms with Crippen LogP contribution in [-0.4, -0.2) is 18.7 Å². The molecule has 2 aromatic rings. The molecule has 2 rings (SSSR count). The Kier molecular flexibility index (Phi) is 7.29. The van der Waals surface area contributed by atoms with E-state index < -0.39 is 0 Å². The fraction of sp³-hybridized carbons (Fsp3) is 0.222. The molecule has 0 heterocycles. The van der Waals surface area contributed by atoms with Crippen molar-refractivity contribution in [3.8, 4) is 5.75 Å². The van der Waals surface area contributed by atoms with Crippen LogP contribution in [0, 0.1) is 0 Å². The summed E-state index contributed by atoms with van der Waals surface area (Å²) in [4.78, 5) is 11.9. The number of ether oxygens (including phenoxy) is 1. The minimum atomic E-state index is -0.362. The second kappa shape index (κ2) is 9.22. The molecule has 132 valence electrons. The third-order valence-corrected chi connectivity index (χ3v) is 4.36. The molecular formula is C18H17BrCl2N2O2. The average molecular weight is 444 g/mol. The normalized spacial score (nSPS) is 11.1. The van der Waals surface area contributed by atoms with E-state index >= 15 is 0 Å². The molecule has 7 heteroatoms. The fourth-order valence-electron chi connectivity index (χ4n) is 2.06. The zero-order valence-electron chi connectivity index (χ0n) is 13.7. The Morgan fingerprint density at radius 1 is 1.28 bits per heavy atom. The van der Waals surface area contributed by atoms with E-state index in [1.165, 1.54) is 6.21 Å². The second-order valence-corrected chi connectivity index (χ2v) is 7.34. The molecule has 0 spiro atoms. The maximum atomic E-state index is 11.9. The molecule has 1 N–H and O–H groups in total. The number of hydrogen-bond donors (Lipinski definition) is 1. The number of carbonyl (C=O) groups excluding carboxylic acids is 1. The maximum Gasteiger partial charge on any atom is 0.277 e. The van der Waals surface area contributed by atoms with Gasteiger partial charge in [-0.25, -0.2) is 5.43 Å². The standard InChI is InChI=1S/C18H17BrCl2N2O2/c1-11(2)15-7-13(19)4-6-17(15)25-10-18(24)23-22-9-12-3-5-14(20)8-16(12)21/h3-9,11H,10H2,1-2H3,(H,23,24)/b22-9+. The van der Waals surface area contributed by atoms with Gasteiger partial charge in [-0.05, 0) is 41.8 Å². The van der Waals surface area contributed by atoms with E-state index in [9.17, 15) is 4.79 Å². The molecule has 0 unspecified atom stereocenters. The lowest BCUT2D eigenvalue weighted by atomic mass is 10.0. The lowest BCUT2D eigenvalue weighted by Crippen LogP contribution is -2.25. The predicted octanol–water partition coefficient (Wildman–Crippen LogP) is 5.41. The van der Waals surface area contributed by atoms with Crippen LogP contribution in [0.15, 0.2) is 46.0 Å². The van der Waals surface area contributed by atoms with Crippen LogP contribution < -0.4 is 10.2 Å². The summed E-state index contributed by atoms with van der Waals surface area (Å²) in [6, 6.07) is 10.7. The van der Waals surface area contributed by atoms with Gasteiger partial charge in [-0.3, -0.25) is 4.79 Å². The summed E-state index contributed by atoms with van der Waals surface area (Å²) < 4.78 is 6.58. The number of hydrazone groups is 1. The van der Waals surface area contributed by atoms with Gasteiger partial charge in [0.15, 0.2) is 6.61 Å². The van der Waals surface area contributed by atoms with Crippen LogP contribution in [-0.2, 0) is 4.79 Å². The number of rotatable bonds is 6. The highest BCUT2D eigenvalue weighted by molar-refractivity contribution is 9.10. The van der Waals surface area contributed by atoms with Gasteiger partial charge in [0, 0.05) is 15.1 Å². The van der Waals surface area contributed by atoms with Crippen molar-refractivity contribution < 1.29 is 9.53 Å². The van der Waals surface area contributed by atoms with E-state index in [1.807, 2.05) is 18.2 Å². The van der Waals surface area contributed by atoms with Crippen molar-refractivity contribution >= 4 is 51.3 Å². The molecule has 4 nitrogen and oxygen atoms in total. The van der Waals surface area contributed by atoms with Gasteiger partial charge in [0.2, 0.25) is 0 Å². The van der Waals surface area contributed by atoms with E-state index in [2.05, 4.69) is 40.3 Å². The second-order valence-electron chi connectivity index (χ2n) is 5.58. The Bertz CT molecular complexity index is 795. The van der Waals surface area contributed by atoms with E-state index in [0.29, 0.717) is 21.4 Å². The summed E-state index contributed by atoms with van der Waals surface area (Å²) in [5, 5.41) is 4.87. The molecule has 0 saturated heterocycles. The molecule has 0 aliphatic carbocycles. The first-order valence-corrected chi connectivity index (χ1v) is 9.11. The van der Waals surface area contributed by atoms with Crippen molar-refractivity contribution in [3.63, 3.8) is 0 Å². The molecule has 0 aliphatic heterocycles. The fourth-order valence-corrected chi connectivity index (χ4v) is 2.89. The van der Waals surface area contributed by atoms with Crippen LogP contribution in [0.4, 0.5) is 0 Å². The Hall–Kier alpha value is -1.56. The average Bonchev–Trinajstić information content (AvgIpc) is 2.55. The van der Waals surface area contributed by atoms with Crippen molar-refractivity contribution in [1.82, 2.24) is 5.43 Å². The van der Waals surface area contributed by atoms with Crippen LogP contribution in [0.25, 0.3) is 0 Å². The molecule has 0 aliphatic rings. The Morgan fingerprint density at radius 3 is 2.72 bits per heavy atom. The van der Waals surface area contributed by atoms with Crippen LogP contribution in [0.1, 0.15) is 30.9 Å². The summed E-state index contributed by atoms with van der Waals surface area (Å²) in [6.07, 6.45) is 1.45. The van der Waals surface area contributed by atoms with E-state index in [4.69, 9.17) is 27.9 Å². The molecule has 25 heavy (non-hydrogen) atoms. The summed E-state index contributed by atoms with van der Waals surface area (Å²) in [6.45, 7) is 4.00. The van der Waals surface area contributed by atoms with Crippen molar-refractivity contribution in [2.75, 3.05) is 6.61 Å². The highest BCUT2D eigenvalue weighted by Gasteiger charge is 2.10. The van der Waals surface area contributed by atoms with Gasteiger partial charge in [0.25, 0.3) is 5.91 Å². The van der Waals surface area contributed by atoms with Gasteiger partial charge in [0.05, 0.1) is 11.2 Å². The smallest absolute Gasteiger partial charge is 0.277 e. The molecule has 0 radical (unpaired) electrons. The summed E-state index contributed by atoms with van der Waals surface area (Å²) >= 11 is 15.3. The van der Waals surface area contributed by atoms with Gasteiger partial charge < -0.3 is 4.74 Å². The lowest BCUT2D eigenvalue weighted by molar-refractivity contribution is -0.123. The van der Waals surface area contributed by atoms with E-state index in [0.717, 1.165) is 10.0 Å². The van der Waals surface area contributed by atoms with Crippen LogP contribution in [0.3, 0.4) is 0 Å². The molecule has 0 fully saturated rings. The number of carbonyl (C=O) groups is 1. The SMILES string of the molecule is CC(C)c1cc(Br)ccc1OCC(=O)N/N=C/c1ccc(Cl)cc1Cl. The van der Waals surface area contributed by atoms with Crippen molar-refractivity contribution in [2.24, 2.45) is 5.10 Å². The summed E-state index contributed by atoms with van der Waals surface area (Å²) in [5.41, 5.74) is 4.09. The van der Waals surface area contributed by atoms with E-state index in [-0.39, 0.29) is 18.4 Å². The Balaban J connectivity index is 1.92. The number of benzene rings is 2. The van der Waals surface area contributed by atoms with Crippen molar-refractivity contribution in [2.45, 2.75) is 19.8 Å². The number of nitrogens with zero attached hydrogens (tertiary/aromatic N) is 1. The van der Waals surface area contributed by atoms with Gasteiger partial charge in [-0.15, -0.1) is 0 Å². The zero-order valence-corrected chi connectivity index (χ0v) is 16.8. The van der Waals surface area contributed by atoms with Crippen molar-refractivity contribution in [3.05, 3.63) is 62.0 Å². The molecule has 0 saturated carbocycles. The number of halogens is 3. The molecule has 2 aromatic carbocycles. The first-order chi connectivity index (χ1) is 11.9. The first kappa shape index (κ1) is 19.8. The largest absolute Gasteiger partial charge is 0.483 e. The number of amides is 1. The third kappa shape index (κ3) is 6.03. The highest BCUT2D eigenvalue weighted by Crippen LogP contribution is 2.29. The summed E-state index contributed by atoms with van der Waals surface area (Å²) in [5.74, 6) is 0.595. The van der Waals surface area contributed by atoms with Crippen LogP contribution in [0.5, 0.6) is 5.75 Å². The maximum absolute atomic E-state index is 11.9. The number of nitrogens with one attached hydrogen (secondary N) is 1. The third-order valence-electron chi connectivity index (χ3n) is 3.31. The minimum absolute atomic E-state index is 0.132. The minimum Gasteiger partial charge on any atom is -0.483 e. The summed E-state index contributed by atoms with van der Waals surface area (Å²) in [7, 11) is 0. The van der Waals surface area contributed by atoms with Crippen LogP contribution >= 0.6 is 39.1 Å². The Labute approximate surface area is 165 Å². The lowest BCUT2D eigenvalue weighted by Gasteiger charge is -2.13. The molecular weight excluding hydrogens is 427 g/mol. The highest BCUT2D eigenvalue weighted by atomic mass is 79.9. The first-order valence-electron chi connectivity index (χ1n) is 7.56. The van der Waals surface area contributed by atoms with Gasteiger partial charge in [0.1, 0.15) is 5.75 Å². The predicted molar refractivity (Wildman–Crippen MR) is 106 cm³/mol. The quantitative estimate of drug-likeness (QED) is 0.479. The zero-order chi connectivity index (χ0) is 18.4. The van der Waals surface area contributed by atoms with E-state index in [1.54, 1.807) is 18.2 Å². The Morgan fingerprint density at radius 2 is 2.04 bits per heavy atom. The topological polar surface area (TPSA) is 50.7 Å². The molecule has 1 amide bonds. The van der Waals surface area contributed by atoms with Gasteiger partial charge in [-0.2, -0.15) is 5.10 Å². The van der Waals surface area contributed by atoms with Crippen LogP contribution in [0.2, 0.25) is 10.0 Å². The van der Waals surface area contributed by atoms with Crippen molar-refractivity contribution in [1.29, 1.82) is 0 Å². The van der Waals surface area contributed by atoms with Gasteiger partial charge >= 0.3 is 0 Å². The monoisotopic (exact) mass is 442 g/mol. The molecule has 0 atom stereocenters. The molecule has 0 bridgehead atoms. The number of hydrogen-bond acceptors (Lipinski definition) is 3.